The molecule has 5 heteroatoms. The molecular weight excluding hydrogens is 320 g/mol. The van der Waals surface area contributed by atoms with Gasteiger partial charge in [0.15, 0.2) is 11.0 Å². The molecule has 2 aromatic rings. The zero-order valence-corrected chi connectivity index (χ0v) is 14.3. The van der Waals surface area contributed by atoms with E-state index in [4.69, 9.17) is 4.74 Å². The topological polar surface area (TPSA) is 50.7 Å². The number of ketones is 1. The highest BCUT2D eigenvalue weighted by Gasteiger charge is 2.28. The summed E-state index contributed by atoms with van der Waals surface area (Å²) >= 11 is 1.43. The average Bonchev–Trinajstić information content (AvgIpc) is 2.67. The van der Waals surface area contributed by atoms with Crippen molar-refractivity contribution in [3.05, 3.63) is 76.7 Å². The summed E-state index contributed by atoms with van der Waals surface area (Å²) in [6.07, 6.45) is 0. The zero-order chi connectivity index (χ0) is 16.9. The van der Waals surface area contributed by atoms with Crippen LogP contribution in [0.1, 0.15) is 22.0 Å². The minimum atomic E-state index is -0.208. The van der Waals surface area contributed by atoms with E-state index in [0.29, 0.717) is 11.1 Å². The largest absolute Gasteiger partial charge is 0.497 e. The second-order valence-electron chi connectivity index (χ2n) is 5.27. The number of Topliss-reactive ketones (excluding diaryl/α,β-unsaturated/α-hetero) is 1. The summed E-state index contributed by atoms with van der Waals surface area (Å²) in [4.78, 5) is 17.2. The van der Waals surface area contributed by atoms with Crippen LogP contribution < -0.4 is 10.1 Å². The number of thioether (sulfide) groups is 1. The third-order valence-corrected chi connectivity index (χ3v) is 4.72. The van der Waals surface area contributed by atoms with Crippen molar-refractivity contribution in [2.75, 3.05) is 14.2 Å². The van der Waals surface area contributed by atoms with Crippen molar-refractivity contribution in [2.24, 2.45) is 4.99 Å². The molecule has 3 rings (SSSR count). The number of benzene rings is 2. The van der Waals surface area contributed by atoms with Gasteiger partial charge >= 0.3 is 0 Å². The van der Waals surface area contributed by atoms with Crippen LogP contribution in [0.2, 0.25) is 0 Å². The van der Waals surface area contributed by atoms with E-state index in [1.54, 1.807) is 38.4 Å². The Morgan fingerprint density at radius 1 is 1.12 bits per heavy atom. The van der Waals surface area contributed by atoms with E-state index in [9.17, 15) is 4.79 Å². The normalized spacial score (nSPS) is 18.7. The van der Waals surface area contributed by atoms with Crippen molar-refractivity contribution in [3.63, 3.8) is 0 Å². The number of nitrogens with one attached hydrogen (secondary N) is 1. The maximum atomic E-state index is 13.0. The molecular formula is C19H18N2O2S. The summed E-state index contributed by atoms with van der Waals surface area (Å²) < 4.78 is 5.16. The lowest BCUT2D eigenvalue weighted by Crippen LogP contribution is -2.33. The first-order valence-corrected chi connectivity index (χ1v) is 8.44. The molecule has 0 radical (unpaired) electrons. The van der Waals surface area contributed by atoms with Crippen molar-refractivity contribution in [1.29, 1.82) is 0 Å². The van der Waals surface area contributed by atoms with Gasteiger partial charge in [-0.25, -0.2) is 0 Å². The number of amidine groups is 1. The lowest BCUT2D eigenvalue weighted by molar-refractivity contribution is 0.102. The van der Waals surface area contributed by atoms with Crippen molar-refractivity contribution in [2.45, 2.75) is 6.04 Å². The molecule has 1 aliphatic rings. The molecule has 1 atom stereocenters. The fourth-order valence-electron chi connectivity index (χ4n) is 2.54. The first-order valence-electron chi connectivity index (χ1n) is 7.56. The average molecular weight is 338 g/mol. The van der Waals surface area contributed by atoms with Crippen LogP contribution in [-0.2, 0) is 0 Å². The molecule has 1 aliphatic heterocycles. The molecule has 0 amide bonds. The molecule has 0 saturated carbocycles. The van der Waals surface area contributed by atoms with Gasteiger partial charge in [0, 0.05) is 18.2 Å². The third kappa shape index (κ3) is 3.36. The number of hydrogen-bond acceptors (Lipinski definition) is 4. The number of rotatable bonds is 4. The molecule has 0 saturated heterocycles. The van der Waals surface area contributed by atoms with E-state index in [0.717, 1.165) is 16.5 Å². The molecule has 1 unspecified atom stereocenters. The number of methoxy groups -OCH3 is 1. The maximum absolute atomic E-state index is 13.0. The summed E-state index contributed by atoms with van der Waals surface area (Å²) in [7, 11) is 3.35. The van der Waals surface area contributed by atoms with E-state index in [-0.39, 0.29) is 11.8 Å². The predicted octanol–water partition coefficient (Wildman–Crippen LogP) is 3.83. The fourth-order valence-corrected chi connectivity index (χ4v) is 3.31. The van der Waals surface area contributed by atoms with Crippen LogP contribution in [0.4, 0.5) is 0 Å². The van der Waals surface area contributed by atoms with Gasteiger partial charge in [0.2, 0.25) is 0 Å². The molecule has 122 valence electrons. The number of aliphatic imine (C=N–C) groups is 1. The van der Waals surface area contributed by atoms with Crippen molar-refractivity contribution < 1.29 is 9.53 Å². The first-order chi connectivity index (χ1) is 11.7. The van der Waals surface area contributed by atoms with E-state index >= 15 is 0 Å². The van der Waals surface area contributed by atoms with Crippen LogP contribution >= 0.6 is 11.8 Å². The van der Waals surface area contributed by atoms with Crippen molar-refractivity contribution in [1.82, 2.24) is 5.32 Å². The third-order valence-electron chi connectivity index (χ3n) is 3.83. The summed E-state index contributed by atoms with van der Waals surface area (Å²) in [5.74, 6) is 0.735. The van der Waals surface area contributed by atoms with E-state index in [2.05, 4.69) is 10.3 Å². The lowest BCUT2D eigenvalue weighted by Gasteiger charge is -2.26. The van der Waals surface area contributed by atoms with E-state index < -0.39 is 0 Å². The molecule has 0 aliphatic carbocycles. The van der Waals surface area contributed by atoms with Crippen molar-refractivity contribution in [3.8, 4) is 5.75 Å². The molecule has 1 N–H and O–H groups in total. The van der Waals surface area contributed by atoms with Crippen molar-refractivity contribution >= 4 is 22.7 Å². The lowest BCUT2D eigenvalue weighted by atomic mass is 9.93. The Labute approximate surface area is 145 Å². The standard InChI is InChI=1S/C19H18N2O2S/c1-20-19-21-17(13-6-4-3-5-7-13)16(12-24-19)18(22)14-8-10-15(23-2)11-9-14/h3-12,17H,1-2H3,(H,20,21). The van der Waals surface area contributed by atoms with Crippen LogP contribution in [0.5, 0.6) is 5.75 Å². The monoisotopic (exact) mass is 338 g/mol. The van der Waals surface area contributed by atoms with Crippen LogP contribution in [0.25, 0.3) is 0 Å². The molecule has 0 spiro atoms. The maximum Gasteiger partial charge on any atom is 0.191 e. The van der Waals surface area contributed by atoms with Crippen LogP contribution in [0.15, 0.2) is 70.6 Å². The van der Waals surface area contributed by atoms with Gasteiger partial charge in [0.05, 0.1) is 13.2 Å². The second-order valence-corrected chi connectivity index (χ2v) is 6.12. The zero-order valence-electron chi connectivity index (χ0n) is 13.5. The number of nitrogens with zero attached hydrogens (tertiary/aromatic N) is 1. The minimum Gasteiger partial charge on any atom is -0.497 e. The van der Waals surface area contributed by atoms with Gasteiger partial charge in [-0.1, -0.05) is 42.1 Å². The molecule has 4 nitrogen and oxygen atoms in total. The summed E-state index contributed by atoms with van der Waals surface area (Å²) in [6, 6.07) is 16.9. The summed E-state index contributed by atoms with van der Waals surface area (Å²) in [5.41, 5.74) is 2.39. The number of hydrogen-bond donors (Lipinski definition) is 1. The molecule has 0 bridgehead atoms. The highest BCUT2D eigenvalue weighted by Crippen LogP contribution is 2.32. The Kier molecular flexibility index (Phi) is 5.01. The van der Waals surface area contributed by atoms with Gasteiger partial charge in [-0.15, -0.1) is 0 Å². The van der Waals surface area contributed by atoms with Gasteiger partial charge in [0.25, 0.3) is 0 Å². The fraction of sp³-hybridized carbons (Fsp3) is 0.158. The highest BCUT2D eigenvalue weighted by atomic mass is 32.2. The van der Waals surface area contributed by atoms with Gasteiger partial charge in [0.1, 0.15) is 5.75 Å². The molecule has 0 aromatic heterocycles. The van der Waals surface area contributed by atoms with Gasteiger partial charge in [-0.2, -0.15) is 0 Å². The van der Waals surface area contributed by atoms with Crippen LogP contribution in [0, 0.1) is 0 Å². The number of carbonyl (C=O) groups is 1. The Hall–Kier alpha value is -2.53. The Balaban J connectivity index is 1.96. The van der Waals surface area contributed by atoms with Crippen LogP contribution in [0.3, 0.4) is 0 Å². The van der Waals surface area contributed by atoms with Gasteiger partial charge < -0.3 is 10.1 Å². The number of carbonyl (C=O) groups excluding carboxylic acids is 1. The van der Waals surface area contributed by atoms with Gasteiger partial charge in [-0.3, -0.25) is 9.79 Å². The molecule has 2 aromatic carbocycles. The Morgan fingerprint density at radius 2 is 1.83 bits per heavy atom. The first kappa shape index (κ1) is 16.3. The molecule has 0 fully saturated rings. The van der Waals surface area contributed by atoms with E-state index in [1.807, 2.05) is 35.7 Å². The smallest absolute Gasteiger partial charge is 0.191 e. The van der Waals surface area contributed by atoms with Crippen LogP contribution in [-0.4, -0.2) is 25.1 Å². The second kappa shape index (κ2) is 7.36. The summed E-state index contributed by atoms with van der Waals surface area (Å²) in [6.45, 7) is 0. The predicted molar refractivity (Wildman–Crippen MR) is 98.7 cm³/mol. The SMILES string of the molecule is CN=C1NC(c2ccccc2)C(C(=O)c2ccc(OC)cc2)=CS1. The molecule has 1 heterocycles. The summed E-state index contributed by atoms with van der Waals surface area (Å²) in [5, 5.41) is 6.03. The Morgan fingerprint density at radius 3 is 2.46 bits per heavy atom. The highest BCUT2D eigenvalue weighted by molar-refractivity contribution is 8.16. The Bertz CT molecular complexity index is 783. The van der Waals surface area contributed by atoms with Gasteiger partial charge in [-0.05, 0) is 35.2 Å². The van der Waals surface area contributed by atoms with E-state index in [1.165, 1.54) is 11.8 Å². The number of ether oxygens (including phenoxy) is 1. The minimum absolute atomic E-state index is 0.00154. The molecule has 24 heavy (non-hydrogen) atoms. The quantitative estimate of drug-likeness (QED) is 0.861.